The molecule has 172 valence electrons. The van der Waals surface area contributed by atoms with Crippen molar-refractivity contribution < 1.29 is 19.1 Å². The summed E-state index contributed by atoms with van der Waals surface area (Å²) in [5.74, 6) is 2.98. The van der Waals surface area contributed by atoms with E-state index in [0.717, 1.165) is 32.1 Å². The fraction of sp³-hybridized carbons (Fsp3) is 0.926. The standard InChI is InChI=1S/C27H40O4/c1-16(28)26-10-6-5-7-18(26)13-22-20-14-23-27(31-23)15-19(30-17(2)29)8-11-25(27,4)21(20)9-12-24(22,26)3/h18-23H,5-15H2,1-4H3/t18-,19+,20?,21?,22?,23+,24+,25-,26+,27+/m1/s1. The van der Waals surface area contributed by atoms with Crippen LogP contribution in [0.4, 0.5) is 0 Å². The minimum absolute atomic E-state index is 0.0244. The maximum atomic E-state index is 13.2. The first kappa shape index (κ1) is 20.7. The van der Waals surface area contributed by atoms with Gasteiger partial charge in [0.1, 0.15) is 17.5 Å². The SMILES string of the molecule is CC(=O)O[C@H]1CC[C@]2(C)C3CC[C@@]4(C)C(C[C@H]5CCCC[C@]54C(C)=O)C3C[C@@H]3O[C@@]32C1. The van der Waals surface area contributed by atoms with E-state index < -0.39 is 0 Å². The highest BCUT2D eigenvalue weighted by Crippen LogP contribution is 2.77. The minimum atomic E-state index is -0.160. The van der Waals surface area contributed by atoms with Crippen molar-refractivity contribution in [2.24, 2.45) is 39.9 Å². The Morgan fingerprint density at radius 2 is 1.68 bits per heavy atom. The number of epoxide rings is 1. The summed E-state index contributed by atoms with van der Waals surface area (Å²) in [7, 11) is 0. The molecule has 5 aliphatic carbocycles. The molecule has 6 aliphatic rings. The molecule has 0 radical (unpaired) electrons. The van der Waals surface area contributed by atoms with Gasteiger partial charge in [-0.15, -0.1) is 0 Å². The summed E-state index contributed by atoms with van der Waals surface area (Å²) in [4.78, 5) is 24.8. The Morgan fingerprint density at radius 1 is 0.903 bits per heavy atom. The van der Waals surface area contributed by atoms with Gasteiger partial charge in [0.25, 0.3) is 0 Å². The lowest BCUT2D eigenvalue weighted by atomic mass is 9.42. The number of rotatable bonds is 2. The van der Waals surface area contributed by atoms with Crippen LogP contribution in [-0.4, -0.2) is 29.6 Å². The van der Waals surface area contributed by atoms with Crippen LogP contribution in [0.5, 0.6) is 0 Å². The molecule has 1 aliphatic heterocycles. The van der Waals surface area contributed by atoms with Gasteiger partial charge in [-0.2, -0.15) is 0 Å². The molecule has 0 amide bonds. The lowest BCUT2D eigenvalue weighted by Crippen LogP contribution is -2.60. The average molecular weight is 429 g/mol. The van der Waals surface area contributed by atoms with Crippen LogP contribution < -0.4 is 0 Å². The van der Waals surface area contributed by atoms with Crippen molar-refractivity contribution in [3.05, 3.63) is 0 Å². The number of esters is 1. The summed E-state index contributed by atoms with van der Waals surface area (Å²) in [6.45, 7) is 8.45. The molecule has 4 heteroatoms. The van der Waals surface area contributed by atoms with Crippen LogP contribution in [0, 0.1) is 39.9 Å². The van der Waals surface area contributed by atoms with Gasteiger partial charge in [-0.1, -0.05) is 26.7 Å². The van der Waals surface area contributed by atoms with Gasteiger partial charge in [0.05, 0.1) is 6.10 Å². The fourth-order valence-electron chi connectivity index (χ4n) is 10.8. The lowest BCUT2D eigenvalue weighted by Gasteiger charge is -2.61. The molecule has 0 aromatic rings. The topological polar surface area (TPSA) is 55.9 Å². The van der Waals surface area contributed by atoms with E-state index in [2.05, 4.69) is 13.8 Å². The van der Waals surface area contributed by atoms with Crippen molar-refractivity contribution >= 4 is 11.8 Å². The Morgan fingerprint density at radius 3 is 2.42 bits per heavy atom. The van der Waals surface area contributed by atoms with Crippen molar-refractivity contribution in [1.82, 2.24) is 0 Å². The van der Waals surface area contributed by atoms with Crippen LogP contribution in [0.3, 0.4) is 0 Å². The van der Waals surface area contributed by atoms with Gasteiger partial charge in [-0.05, 0) is 87.4 Å². The Kier molecular flexibility index (Phi) is 4.25. The molecule has 6 fully saturated rings. The van der Waals surface area contributed by atoms with Gasteiger partial charge >= 0.3 is 5.97 Å². The van der Waals surface area contributed by atoms with Gasteiger partial charge in [-0.3, -0.25) is 9.59 Å². The number of hydrogen-bond donors (Lipinski definition) is 0. The second-order valence-electron chi connectivity index (χ2n) is 12.7. The van der Waals surface area contributed by atoms with Crippen LogP contribution in [-0.2, 0) is 19.1 Å². The lowest BCUT2D eigenvalue weighted by molar-refractivity contribution is -0.163. The Bertz CT molecular complexity index is 822. The Hall–Kier alpha value is -0.900. The number of carbonyl (C=O) groups excluding carboxylic acids is 2. The largest absolute Gasteiger partial charge is 0.462 e. The van der Waals surface area contributed by atoms with E-state index in [4.69, 9.17) is 9.47 Å². The van der Waals surface area contributed by atoms with Crippen molar-refractivity contribution in [3.8, 4) is 0 Å². The van der Waals surface area contributed by atoms with E-state index in [1.165, 1.54) is 45.4 Å². The monoisotopic (exact) mass is 428 g/mol. The third kappa shape index (κ3) is 2.36. The Balaban J connectivity index is 1.33. The quantitative estimate of drug-likeness (QED) is 0.432. The number of ether oxygens (including phenoxy) is 2. The molecular formula is C27H40O4. The van der Waals surface area contributed by atoms with Crippen molar-refractivity contribution in [2.45, 2.75) is 116 Å². The second-order valence-corrected chi connectivity index (χ2v) is 12.7. The number of hydrogen-bond acceptors (Lipinski definition) is 4. The number of fused-ring (bicyclic) bond motifs is 6. The molecule has 0 aromatic heterocycles. The number of ketones is 1. The zero-order valence-corrected chi connectivity index (χ0v) is 19.9. The van der Waals surface area contributed by atoms with Gasteiger partial charge in [0.2, 0.25) is 0 Å². The molecule has 1 heterocycles. The molecule has 6 rings (SSSR count). The molecule has 10 atom stereocenters. The van der Waals surface area contributed by atoms with Gasteiger partial charge in [0.15, 0.2) is 0 Å². The van der Waals surface area contributed by atoms with E-state index in [1.807, 2.05) is 6.92 Å². The summed E-state index contributed by atoms with van der Waals surface area (Å²) < 4.78 is 12.2. The summed E-state index contributed by atoms with van der Waals surface area (Å²) in [6.07, 6.45) is 13.1. The third-order valence-corrected chi connectivity index (χ3v) is 12.0. The molecule has 0 bridgehead atoms. The number of Topliss-reactive ketones (excluding diaryl/α,β-unsaturated/α-hetero) is 1. The van der Waals surface area contributed by atoms with Crippen molar-refractivity contribution in [3.63, 3.8) is 0 Å². The molecule has 5 saturated carbocycles. The highest BCUT2D eigenvalue weighted by molar-refractivity contribution is 5.84. The smallest absolute Gasteiger partial charge is 0.302 e. The highest BCUT2D eigenvalue weighted by Gasteiger charge is 2.78. The van der Waals surface area contributed by atoms with Crippen LogP contribution in [0.1, 0.15) is 98.3 Å². The van der Waals surface area contributed by atoms with Crippen molar-refractivity contribution in [2.75, 3.05) is 0 Å². The first-order valence-electron chi connectivity index (χ1n) is 13.0. The van der Waals surface area contributed by atoms with E-state index in [-0.39, 0.29) is 33.9 Å². The summed E-state index contributed by atoms with van der Waals surface area (Å²) in [5, 5.41) is 0. The predicted octanol–water partition coefficient (Wildman–Crippen LogP) is 5.47. The predicted molar refractivity (Wildman–Crippen MR) is 117 cm³/mol. The molecular weight excluding hydrogens is 388 g/mol. The fourth-order valence-corrected chi connectivity index (χ4v) is 10.8. The van der Waals surface area contributed by atoms with E-state index in [0.29, 0.717) is 35.6 Å². The molecule has 4 nitrogen and oxygen atoms in total. The van der Waals surface area contributed by atoms with Gasteiger partial charge in [-0.25, -0.2) is 0 Å². The van der Waals surface area contributed by atoms with E-state index in [9.17, 15) is 9.59 Å². The van der Waals surface area contributed by atoms with Crippen LogP contribution in [0.15, 0.2) is 0 Å². The Labute approximate surface area is 187 Å². The molecule has 3 unspecified atom stereocenters. The summed E-state index contributed by atoms with van der Waals surface area (Å²) >= 11 is 0. The molecule has 0 N–H and O–H groups in total. The minimum Gasteiger partial charge on any atom is -0.462 e. The molecule has 31 heavy (non-hydrogen) atoms. The second kappa shape index (κ2) is 6.36. The molecule has 0 aromatic carbocycles. The van der Waals surface area contributed by atoms with E-state index in [1.54, 1.807) is 0 Å². The average Bonchev–Trinajstić information content (AvgIpc) is 3.33. The molecule has 1 spiro atoms. The van der Waals surface area contributed by atoms with Crippen LogP contribution >= 0.6 is 0 Å². The summed E-state index contributed by atoms with van der Waals surface area (Å²) in [5.41, 5.74) is 0.235. The normalized spacial score (nSPS) is 56.9. The van der Waals surface area contributed by atoms with Crippen LogP contribution in [0.25, 0.3) is 0 Å². The third-order valence-electron chi connectivity index (χ3n) is 12.0. The highest BCUT2D eigenvalue weighted by atomic mass is 16.6. The van der Waals surface area contributed by atoms with Gasteiger partial charge < -0.3 is 9.47 Å². The zero-order valence-electron chi connectivity index (χ0n) is 19.9. The first-order chi connectivity index (χ1) is 14.7. The molecule has 1 saturated heterocycles. The first-order valence-corrected chi connectivity index (χ1v) is 13.0. The number of carbonyl (C=O) groups is 2. The van der Waals surface area contributed by atoms with Gasteiger partial charge in [0, 0.05) is 24.2 Å². The summed E-state index contributed by atoms with van der Waals surface area (Å²) in [6, 6.07) is 0. The van der Waals surface area contributed by atoms with E-state index >= 15 is 0 Å². The van der Waals surface area contributed by atoms with Crippen molar-refractivity contribution in [1.29, 1.82) is 0 Å². The zero-order chi connectivity index (χ0) is 21.8. The van der Waals surface area contributed by atoms with Crippen LogP contribution in [0.2, 0.25) is 0 Å². The maximum absolute atomic E-state index is 13.2. The maximum Gasteiger partial charge on any atom is 0.302 e.